The smallest absolute Gasteiger partial charge is 0.305 e. The number of carbonyl (C=O) groups excluding carboxylic acids is 2. The molecule has 2 aromatic rings. The number of halogens is 1. The van der Waals surface area contributed by atoms with Gasteiger partial charge in [-0.2, -0.15) is 4.98 Å². The molecule has 1 aliphatic rings. The van der Waals surface area contributed by atoms with E-state index in [-0.39, 0.29) is 24.9 Å². The maximum absolute atomic E-state index is 11.8. The summed E-state index contributed by atoms with van der Waals surface area (Å²) in [5.74, 6) is -1.15. The minimum Gasteiger partial charge on any atom is -0.423 e. The highest BCUT2D eigenvalue weighted by Crippen LogP contribution is 2.28. The largest absolute Gasteiger partial charge is 0.423 e. The summed E-state index contributed by atoms with van der Waals surface area (Å²) in [5.41, 5.74) is 6.46. The second-order valence-corrected chi connectivity index (χ2v) is 5.33. The first kappa shape index (κ1) is 12.2. The number of hydrogen-bond donors (Lipinski definition) is 1. The zero-order valence-corrected chi connectivity index (χ0v) is 11.4. The fourth-order valence-corrected chi connectivity index (χ4v) is 2.44. The first-order valence-corrected chi connectivity index (χ1v) is 6.49. The van der Waals surface area contributed by atoms with E-state index in [4.69, 9.17) is 10.2 Å². The van der Waals surface area contributed by atoms with Crippen LogP contribution in [-0.2, 0) is 9.59 Å². The Hall–Kier alpha value is -1.89. The van der Waals surface area contributed by atoms with Gasteiger partial charge in [-0.1, -0.05) is 15.9 Å². The minimum absolute atomic E-state index is 0.109. The monoisotopic (exact) mass is 323 g/mol. The van der Waals surface area contributed by atoms with E-state index < -0.39 is 11.8 Å². The van der Waals surface area contributed by atoms with Gasteiger partial charge in [-0.25, -0.2) is 0 Å². The Balaban J connectivity index is 1.96. The topological polar surface area (TPSA) is 89.4 Å². The van der Waals surface area contributed by atoms with Gasteiger partial charge in [0.05, 0.1) is 5.92 Å². The van der Waals surface area contributed by atoms with Crippen molar-refractivity contribution in [1.82, 2.24) is 4.98 Å². The third-order valence-electron chi connectivity index (χ3n) is 3.10. The first-order chi connectivity index (χ1) is 9.04. The van der Waals surface area contributed by atoms with Gasteiger partial charge in [-0.15, -0.1) is 0 Å². The molecule has 0 radical (unpaired) electrons. The standard InChI is InChI=1S/C12H10BrN3O3/c13-7-1-2-9-8(4-7)15-12(19-9)16-5-6(11(14)18)3-10(16)17/h1-2,4,6H,3,5H2,(H2,14,18). The van der Waals surface area contributed by atoms with Crippen LogP contribution in [0, 0.1) is 5.92 Å². The van der Waals surface area contributed by atoms with Gasteiger partial charge in [0.2, 0.25) is 11.8 Å². The number of benzene rings is 1. The summed E-state index contributed by atoms with van der Waals surface area (Å²) in [7, 11) is 0. The lowest BCUT2D eigenvalue weighted by Gasteiger charge is -2.09. The lowest BCUT2D eigenvalue weighted by molar-refractivity contribution is -0.123. The molecule has 0 aliphatic carbocycles. The number of carbonyl (C=O) groups is 2. The highest BCUT2D eigenvalue weighted by molar-refractivity contribution is 9.10. The third kappa shape index (κ3) is 2.10. The van der Waals surface area contributed by atoms with Gasteiger partial charge in [-0.3, -0.25) is 14.5 Å². The molecule has 7 heteroatoms. The van der Waals surface area contributed by atoms with Gasteiger partial charge in [0.15, 0.2) is 5.58 Å². The van der Waals surface area contributed by atoms with Crippen molar-refractivity contribution in [1.29, 1.82) is 0 Å². The number of rotatable bonds is 2. The molecule has 2 amide bonds. The quantitative estimate of drug-likeness (QED) is 0.905. The molecule has 3 rings (SSSR count). The number of aromatic nitrogens is 1. The molecule has 2 N–H and O–H groups in total. The number of amides is 2. The van der Waals surface area contributed by atoms with Crippen LogP contribution in [0.3, 0.4) is 0 Å². The fourth-order valence-electron chi connectivity index (χ4n) is 2.09. The summed E-state index contributed by atoms with van der Waals surface area (Å²) < 4.78 is 6.40. The average molecular weight is 324 g/mol. The van der Waals surface area contributed by atoms with E-state index in [0.717, 1.165) is 4.47 Å². The van der Waals surface area contributed by atoms with Crippen LogP contribution in [0.25, 0.3) is 11.1 Å². The molecule has 19 heavy (non-hydrogen) atoms. The van der Waals surface area contributed by atoms with Crippen LogP contribution >= 0.6 is 15.9 Å². The Morgan fingerprint density at radius 1 is 1.53 bits per heavy atom. The van der Waals surface area contributed by atoms with Gasteiger partial charge in [0.1, 0.15) is 5.52 Å². The maximum Gasteiger partial charge on any atom is 0.305 e. The molecule has 1 atom stereocenters. The lowest BCUT2D eigenvalue weighted by atomic mass is 10.1. The summed E-state index contributed by atoms with van der Waals surface area (Å²) in [6.07, 6.45) is 0.109. The molecule has 1 aromatic carbocycles. The molecule has 98 valence electrons. The summed E-state index contributed by atoms with van der Waals surface area (Å²) >= 11 is 3.34. The predicted octanol–water partition coefficient (Wildman–Crippen LogP) is 1.43. The summed E-state index contributed by atoms with van der Waals surface area (Å²) in [4.78, 5) is 28.6. The van der Waals surface area contributed by atoms with Crippen LogP contribution in [0.4, 0.5) is 6.01 Å². The van der Waals surface area contributed by atoms with E-state index in [9.17, 15) is 9.59 Å². The molecule has 1 unspecified atom stereocenters. The second kappa shape index (κ2) is 4.34. The Labute approximate surface area is 116 Å². The van der Waals surface area contributed by atoms with E-state index in [1.807, 2.05) is 6.07 Å². The molecule has 1 fully saturated rings. The number of oxazole rings is 1. The molecule has 0 bridgehead atoms. The number of anilines is 1. The number of primary amides is 1. The number of nitrogens with zero attached hydrogens (tertiary/aromatic N) is 2. The third-order valence-corrected chi connectivity index (χ3v) is 3.59. The Kier molecular flexibility index (Phi) is 2.78. The fraction of sp³-hybridized carbons (Fsp3) is 0.250. The van der Waals surface area contributed by atoms with E-state index in [2.05, 4.69) is 20.9 Å². The van der Waals surface area contributed by atoms with Crippen LogP contribution < -0.4 is 10.6 Å². The normalized spacial score (nSPS) is 19.3. The highest BCUT2D eigenvalue weighted by Gasteiger charge is 2.36. The van der Waals surface area contributed by atoms with E-state index in [0.29, 0.717) is 11.1 Å². The number of hydrogen-bond acceptors (Lipinski definition) is 4. The molecule has 2 heterocycles. The molecule has 1 aliphatic heterocycles. The van der Waals surface area contributed by atoms with Crippen molar-refractivity contribution in [3.63, 3.8) is 0 Å². The molecule has 1 saturated heterocycles. The summed E-state index contributed by atoms with van der Waals surface area (Å²) in [5, 5.41) is 0. The molecule has 1 aromatic heterocycles. The Bertz CT molecular complexity index is 682. The van der Waals surface area contributed by atoms with Crippen molar-refractivity contribution in [2.75, 3.05) is 11.4 Å². The molecule has 0 spiro atoms. The van der Waals surface area contributed by atoms with Crippen LogP contribution in [-0.4, -0.2) is 23.3 Å². The van der Waals surface area contributed by atoms with Crippen molar-refractivity contribution < 1.29 is 14.0 Å². The Morgan fingerprint density at radius 2 is 2.32 bits per heavy atom. The van der Waals surface area contributed by atoms with E-state index >= 15 is 0 Å². The van der Waals surface area contributed by atoms with Gasteiger partial charge in [0.25, 0.3) is 0 Å². The number of fused-ring (bicyclic) bond motifs is 1. The molecular formula is C12H10BrN3O3. The zero-order chi connectivity index (χ0) is 13.6. The molecule has 6 nitrogen and oxygen atoms in total. The van der Waals surface area contributed by atoms with Crippen LogP contribution in [0.2, 0.25) is 0 Å². The Morgan fingerprint density at radius 3 is 3.00 bits per heavy atom. The van der Waals surface area contributed by atoms with Gasteiger partial charge in [0, 0.05) is 17.4 Å². The second-order valence-electron chi connectivity index (χ2n) is 4.42. The maximum atomic E-state index is 11.8. The first-order valence-electron chi connectivity index (χ1n) is 5.70. The van der Waals surface area contributed by atoms with Crippen molar-refractivity contribution in [2.45, 2.75) is 6.42 Å². The van der Waals surface area contributed by atoms with Crippen molar-refractivity contribution >= 4 is 44.9 Å². The number of nitrogens with two attached hydrogens (primary N) is 1. The lowest BCUT2D eigenvalue weighted by Crippen LogP contribution is -2.28. The summed E-state index contributed by atoms with van der Waals surface area (Å²) in [6, 6.07) is 5.60. The van der Waals surface area contributed by atoms with Gasteiger partial charge >= 0.3 is 6.01 Å². The minimum atomic E-state index is -0.478. The van der Waals surface area contributed by atoms with E-state index in [1.165, 1.54) is 4.90 Å². The van der Waals surface area contributed by atoms with Gasteiger partial charge in [-0.05, 0) is 18.2 Å². The van der Waals surface area contributed by atoms with E-state index in [1.54, 1.807) is 12.1 Å². The predicted molar refractivity (Wildman–Crippen MR) is 71.4 cm³/mol. The summed E-state index contributed by atoms with van der Waals surface area (Å²) in [6.45, 7) is 0.224. The SMILES string of the molecule is NC(=O)C1CC(=O)N(c2nc3cc(Br)ccc3o2)C1. The van der Waals surface area contributed by atoms with Crippen molar-refractivity contribution in [2.24, 2.45) is 11.7 Å². The van der Waals surface area contributed by atoms with Crippen molar-refractivity contribution in [3.05, 3.63) is 22.7 Å². The van der Waals surface area contributed by atoms with Gasteiger partial charge < -0.3 is 10.2 Å². The van der Waals surface area contributed by atoms with Crippen LogP contribution in [0.15, 0.2) is 27.1 Å². The average Bonchev–Trinajstić information content (AvgIpc) is 2.91. The molecule has 0 saturated carbocycles. The zero-order valence-electron chi connectivity index (χ0n) is 9.80. The van der Waals surface area contributed by atoms with Crippen LogP contribution in [0.1, 0.15) is 6.42 Å². The highest BCUT2D eigenvalue weighted by atomic mass is 79.9. The van der Waals surface area contributed by atoms with Crippen LogP contribution in [0.5, 0.6) is 0 Å². The van der Waals surface area contributed by atoms with Crippen molar-refractivity contribution in [3.8, 4) is 0 Å². The molecular weight excluding hydrogens is 314 g/mol.